The summed E-state index contributed by atoms with van der Waals surface area (Å²) in [5.41, 5.74) is 1.21. The number of nitrogens with one attached hydrogen (secondary N) is 1. The fourth-order valence-corrected chi connectivity index (χ4v) is 1.61. The van der Waals surface area contributed by atoms with E-state index in [2.05, 4.69) is 32.2 Å². The highest BCUT2D eigenvalue weighted by Gasteiger charge is 2.10. The Hall–Kier alpha value is -1.02. The van der Waals surface area contributed by atoms with E-state index in [-0.39, 0.29) is 0 Å². The van der Waals surface area contributed by atoms with Gasteiger partial charge in [0.15, 0.2) is 0 Å². The van der Waals surface area contributed by atoms with Gasteiger partial charge in [-0.2, -0.15) is 0 Å². The molecule has 2 heteroatoms. The minimum atomic E-state index is 0.325. The largest absolute Gasteiger partial charge is 0.496 e. The van der Waals surface area contributed by atoms with Crippen molar-refractivity contribution < 1.29 is 4.74 Å². The third kappa shape index (κ3) is 2.74. The molecule has 78 valence electrons. The molecule has 0 aliphatic rings. The van der Waals surface area contributed by atoms with Crippen LogP contribution in [-0.2, 0) is 0 Å². The Morgan fingerprint density at radius 2 is 1.79 bits per heavy atom. The first-order valence-electron chi connectivity index (χ1n) is 5.04. The second-order valence-electron chi connectivity index (χ2n) is 3.79. The zero-order valence-corrected chi connectivity index (χ0v) is 9.37. The van der Waals surface area contributed by atoms with Crippen molar-refractivity contribution in [3.05, 3.63) is 29.8 Å². The third-order valence-corrected chi connectivity index (χ3v) is 2.19. The van der Waals surface area contributed by atoms with E-state index in [9.17, 15) is 0 Å². The molecule has 0 spiro atoms. The topological polar surface area (TPSA) is 21.3 Å². The lowest BCUT2D eigenvalue weighted by atomic mass is 10.1. The van der Waals surface area contributed by atoms with Crippen LogP contribution in [0.25, 0.3) is 0 Å². The van der Waals surface area contributed by atoms with Crippen molar-refractivity contribution in [3.63, 3.8) is 0 Å². The molecule has 0 saturated heterocycles. The van der Waals surface area contributed by atoms with Crippen LogP contribution in [0.4, 0.5) is 0 Å². The fraction of sp³-hybridized carbons (Fsp3) is 0.500. The Bertz CT molecular complexity index is 283. The molecule has 1 unspecified atom stereocenters. The van der Waals surface area contributed by atoms with Crippen LogP contribution in [0, 0.1) is 0 Å². The lowest BCUT2D eigenvalue weighted by Gasteiger charge is -2.19. The van der Waals surface area contributed by atoms with E-state index < -0.39 is 0 Å². The number of hydrogen-bond donors (Lipinski definition) is 1. The van der Waals surface area contributed by atoms with E-state index in [0.29, 0.717) is 12.1 Å². The average Bonchev–Trinajstić information content (AvgIpc) is 2.16. The third-order valence-electron chi connectivity index (χ3n) is 2.19. The van der Waals surface area contributed by atoms with Gasteiger partial charge in [-0.25, -0.2) is 0 Å². The summed E-state index contributed by atoms with van der Waals surface area (Å²) in [5.74, 6) is 0.952. The molecule has 0 aliphatic heterocycles. The maximum Gasteiger partial charge on any atom is 0.123 e. The molecule has 0 aliphatic carbocycles. The van der Waals surface area contributed by atoms with E-state index in [1.165, 1.54) is 5.56 Å². The minimum absolute atomic E-state index is 0.325. The zero-order valence-electron chi connectivity index (χ0n) is 9.37. The Balaban J connectivity index is 2.82. The average molecular weight is 193 g/mol. The van der Waals surface area contributed by atoms with Crippen molar-refractivity contribution in [1.29, 1.82) is 0 Å². The number of benzene rings is 1. The fourth-order valence-electron chi connectivity index (χ4n) is 1.61. The highest BCUT2D eigenvalue weighted by molar-refractivity contribution is 5.35. The van der Waals surface area contributed by atoms with Gasteiger partial charge in [-0.05, 0) is 13.0 Å². The van der Waals surface area contributed by atoms with Gasteiger partial charge in [0.05, 0.1) is 7.11 Å². The van der Waals surface area contributed by atoms with E-state index in [1.807, 2.05) is 18.2 Å². The maximum atomic E-state index is 5.31. The van der Waals surface area contributed by atoms with Crippen LogP contribution < -0.4 is 10.1 Å². The molecule has 1 aromatic rings. The Labute approximate surface area is 86.3 Å². The molecule has 0 amide bonds. The van der Waals surface area contributed by atoms with Gasteiger partial charge in [-0.1, -0.05) is 32.0 Å². The summed E-state index contributed by atoms with van der Waals surface area (Å²) < 4.78 is 5.31. The van der Waals surface area contributed by atoms with Gasteiger partial charge in [-0.15, -0.1) is 0 Å². The number of hydrogen-bond acceptors (Lipinski definition) is 2. The SMILES string of the molecule is COc1ccccc1C(C)NC(C)C. The van der Waals surface area contributed by atoms with Crippen LogP contribution in [0.2, 0.25) is 0 Å². The highest BCUT2D eigenvalue weighted by atomic mass is 16.5. The molecule has 0 heterocycles. The molecule has 1 N–H and O–H groups in total. The first-order valence-corrected chi connectivity index (χ1v) is 5.04. The van der Waals surface area contributed by atoms with Crippen LogP contribution >= 0.6 is 0 Å². The summed E-state index contributed by atoms with van der Waals surface area (Å²) in [7, 11) is 1.71. The first-order chi connectivity index (χ1) is 6.65. The van der Waals surface area contributed by atoms with Crippen LogP contribution in [0.1, 0.15) is 32.4 Å². The van der Waals surface area contributed by atoms with Crippen molar-refractivity contribution in [3.8, 4) is 5.75 Å². The lowest BCUT2D eigenvalue weighted by molar-refractivity contribution is 0.398. The molecule has 2 nitrogen and oxygen atoms in total. The molecule has 1 aromatic carbocycles. The maximum absolute atomic E-state index is 5.31. The van der Waals surface area contributed by atoms with Crippen LogP contribution in [0.15, 0.2) is 24.3 Å². The van der Waals surface area contributed by atoms with Gasteiger partial charge < -0.3 is 10.1 Å². The summed E-state index contributed by atoms with van der Waals surface area (Å²) >= 11 is 0. The Kier molecular flexibility index (Phi) is 3.96. The van der Waals surface area contributed by atoms with Gasteiger partial charge in [0.1, 0.15) is 5.75 Å². The standard InChI is InChI=1S/C12H19NO/c1-9(2)13-10(3)11-7-5-6-8-12(11)14-4/h5-10,13H,1-4H3. The number of para-hydroxylation sites is 1. The normalized spacial score (nSPS) is 12.9. The molecule has 14 heavy (non-hydrogen) atoms. The van der Waals surface area contributed by atoms with Crippen LogP contribution in [-0.4, -0.2) is 13.2 Å². The molecular formula is C12H19NO. The van der Waals surface area contributed by atoms with Gasteiger partial charge in [0, 0.05) is 17.6 Å². The summed E-state index contributed by atoms with van der Waals surface area (Å²) in [6.45, 7) is 6.44. The molecular weight excluding hydrogens is 174 g/mol. The lowest BCUT2D eigenvalue weighted by Crippen LogP contribution is -2.26. The summed E-state index contributed by atoms with van der Waals surface area (Å²) in [6, 6.07) is 8.93. The van der Waals surface area contributed by atoms with Crippen LogP contribution in [0.3, 0.4) is 0 Å². The first kappa shape index (κ1) is 11.1. The molecule has 0 aromatic heterocycles. The van der Waals surface area contributed by atoms with E-state index in [1.54, 1.807) is 7.11 Å². The van der Waals surface area contributed by atoms with E-state index in [4.69, 9.17) is 4.74 Å². The quantitative estimate of drug-likeness (QED) is 0.794. The second kappa shape index (κ2) is 5.01. The molecule has 0 fully saturated rings. The van der Waals surface area contributed by atoms with Crippen molar-refractivity contribution in [2.75, 3.05) is 7.11 Å². The minimum Gasteiger partial charge on any atom is -0.496 e. The number of methoxy groups -OCH3 is 1. The highest BCUT2D eigenvalue weighted by Crippen LogP contribution is 2.24. The van der Waals surface area contributed by atoms with Gasteiger partial charge in [0.2, 0.25) is 0 Å². The Morgan fingerprint density at radius 1 is 1.14 bits per heavy atom. The summed E-state index contributed by atoms with van der Waals surface area (Å²) in [5, 5.41) is 3.45. The second-order valence-corrected chi connectivity index (χ2v) is 3.79. The summed E-state index contributed by atoms with van der Waals surface area (Å²) in [4.78, 5) is 0. The molecule has 1 rings (SSSR count). The van der Waals surface area contributed by atoms with Gasteiger partial charge in [0.25, 0.3) is 0 Å². The number of rotatable bonds is 4. The molecule has 1 atom stereocenters. The van der Waals surface area contributed by atoms with Crippen molar-refractivity contribution in [2.24, 2.45) is 0 Å². The zero-order chi connectivity index (χ0) is 10.6. The Morgan fingerprint density at radius 3 is 2.36 bits per heavy atom. The van der Waals surface area contributed by atoms with E-state index >= 15 is 0 Å². The predicted molar refractivity (Wildman–Crippen MR) is 59.7 cm³/mol. The van der Waals surface area contributed by atoms with Crippen molar-refractivity contribution >= 4 is 0 Å². The van der Waals surface area contributed by atoms with Crippen LogP contribution in [0.5, 0.6) is 5.75 Å². The molecule has 0 bridgehead atoms. The van der Waals surface area contributed by atoms with E-state index in [0.717, 1.165) is 5.75 Å². The van der Waals surface area contributed by atoms with Gasteiger partial charge >= 0.3 is 0 Å². The van der Waals surface area contributed by atoms with Gasteiger partial charge in [-0.3, -0.25) is 0 Å². The predicted octanol–water partition coefficient (Wildman–Crippen LogP) is 2.75. The molecule has 0 radical (unpaired) electrons. The molecule has 0 saturated carbocycles. The monoisotopic (exact) mass is 193 g/mol. The van der Waals surface area contributed by atoms with Crippen molar-refractivity contribution in [1.82, 2.24) is 5.32 Å². The summed E-state index contributed by atoms with van der Waals surface area (Å²) in [6.07, 6.45) is 0. The smallest absolute Gasteiger partial charge is 0.123 e. The number of ether oxygens (including phenoxy) is 1. The van der Waals surface area contributed by atoms with Crippen molar-refractivity contribution in [2.45, 2.75) is 32.9 Å².